The topological polar surface area (TPSA) is 106 Å². The zero-order valence-electron chi connectivity index (χ0n) is 20.1. The van der Waals surface area contributed by atoms with E-state index in [1.54, 1.807) is 34.5 Å². The summed E-state index contributed by atoms with van der Waals surface area (Å²) in [6, 6.07) is 12.0. The van der Waals surface area contributed by atoms with Gasteiger partial charge in [0.1, 0.15) is 0 Å². The van der Waals surface area contributed by atoms with E-state index >= 15 is 0 Å². The third-order valence-electron chi connectivity index (χ3n) is 6.76. The molecule has 0 unspecified atom stereocenters. The van der Waals surface area contributed by atoms with E-state index < -0.39 is 10.0 Å². The van der Waals surface area contributed by atoms with Gasteiger partial charge >= 0.3 is 0 Å². The summed E-state index contributed by atoms with van der Waals surface area (Å²) in [5.41, 5.74) is 3.03. The number of benzene rings is 2. The summed E-state index contributed by atoms with van der Waals surface area (Å²) in [6.45, 7) is 2.41. The Morgan fingerprint density at radius 3 is 2.73 bits per heavy atom. The minimum atomic E-state index is -3.73. The molecular weight excluding hydrogens is 534 g/mol. The van der Waals surface area contributed by atoms with Crippen molar-refractivity contribution in [1.82, 2.24) is 9.88 Å². The number of fused-ring (bicyclic) bond motifs is 1. The fraction of sp³-hybridized carbons (Fsp3) is 0.360. The van der Waals surface area contributed by atoms with Gasteiger partial charge < -0.3 is 19.8 Å². The molecule has 1 amide bonds. The summed E-state index contributed by atoms with van der Waals surface area (Å²) in [5.74, 6) is -0.0174. The van der Waals surface area contributed by atoms with Crippen LogP contribution in [0, 0.1) is 0 Å². The van der Waals surface area contributed by atoms with Gasteiger partial charge in [-0.25, -0.2) is 13.4 Å². The number of nitrogens with one attached hydrogen (secondary N) is 1. The molecule has 1 fully saturated rings. The first-order valence-corrected chi connectivity index (χ1v) is 14.8. The number of aliphatic hydroxyl groups excluding tert-OH is 1. The molecule has 3 heterocycles. The van der Waals surface area contributed by atoms with E-state index in [9.17, 15) is 18.3 Å². The number of piperazine rings is 1. The number of nitrogens with zero attached hydrogens (tertiary/aromatic N) is 4. The number of halogens is 1. The van der Waals surface area contributed by atoms with E-state index in [1.807, 2.05) is 18.2 Å². The number of rotatable bonds is 7. The molecule has 0 radical (unpaired) electrons. The van der Waals surface area contributed by atoms with Gasteiger partial charge in [-0.2, -0.15) is 0 Å². The molecule has 5 rings (SSSR count). The van der Waals surface area contributed by atoms with E-state index in [-0.39, 0.29) is 31.4 Å². The minimum absolute atomic E-state index is 0. The van der Waals surface area contributed by atoms with E-state index in [4.69, 9.17) is 11.6 Å². The highest BCUT2D eigenvalue weighted by molar-refractivity contribution is 7.93. The smallest absolute Gasteiger partial charge is 0.263 e. The number of sulfonamides is 1. The summed E-state index contributed by atoms with van der Waals surface area (Å²) in [4.78, 5) is 23.3. The first kappa shape index (κ1) is 25.8. The van der Waals surface area contributed by atoms with Gasteiger partial charge in [-0.3, -0.25) is 9.52 Å². The van der Waals surface area contributed by atoms with Crippen LogP contribution in [0.5, 0.6) is 0 Å². The number of carbonyl (C=O) groups is 1. The molecule has 198 valence electrons. The van der Waals surface area contributed by atoms with Crippen molar-refractivity contribution in [2.45, 2.75) is 23.8 Å². The number of hydrogen-bond donors (Lipinski definition) is 2. The minimum Gasteiger partial charge on any atom is -0.394 e. The molecule has 0 saturated carbocycles. The normalized spacial score (nSPS) is 18.0. The Morgan fingerprint density at radius 1 is 1.19 bits per heavy atom. The monoisotopic (exact) mass is 563 g/mol. The number of aliphatic hydroxyl groups is 1. The molecule has 37 heavy (non-hydrogen) atoms. The van der Waals surface area contributed by atoms with Gasteiger partial charge in [0.15, 0.2) is 5.13 Å². The number of thiazole rings is 1. The lowest BCUT2D eigenvalue weighted by Gasteiger charge is -2.43. The van der Waals surface area contributed by atoms with Crippen molar-refractivity contribution in [2.24, 2.45) is 0 Å². The van der Waals surface area contributed by atoms with Crippen LogP contribution in [0.1, 0.15) is 13.4 Å². The lowest BCUT2D eigenvalue weighted by molar-refractivity contribution is -0.133. The average molecular weight is 564 g/mol. The second kappa shape index (κ2) is 10.9. The Morgan fingerprint density at radius 2 is 2.00 bits per heavy atom. The third kappa shape index (κ3) is 5.69. The standard InChI is InChI=1S/C25H28ClN5O4S2.H2/c26-19-3-8-23-18(14-19)2-1-10-30(23)16-24(33)31-12-11-29(15-21(31)17-32)20-4-6-22(7-5-20)37(34,35)28-25-27-9-13-36-25;/h3-9,13-14,21,32H,1-2,10-12,15-17H2,(H,27,28);1H/t21-;/m1./s1. The van der Waals surface area contributed by atoms with Crippen LogP contribution in [-0.4, -0.2) is 74.7 Å². The predicted octanol–water partition coefficient (Wildman–Crippen LogP) is 3.31. The summed E-state index contributed by atoms with van der Waals surface area (Å²) in [5, 5.41) is 12.8. The SMILES string of the molecule is O=C(CN1CCCc2cc(Cl)ccc21)N1CCN(c2ccc(S(=O)(=O)Nc3nccs3)cc2)C[C@@H]1CO.[HH]. The summed E-state index contributed by atoms with van der Waals surface area (Å²) >= 11 is 7.36. The van der Waals surface area contributed by atoms with Gasteiger partial charge in [-0.1, -0.05) is 11.6 Å². The van der Waals surface area contributed by atoms with Crippen LogP contribution < -0.4 is 14.5 Å². The van der Waals surface area contributed by atoms with Gasteiger partial charge in [0.25, 0.3) is 10.0 Å². The Kier molecular flexibility index (Phi) is 7.57. The highest BCUT2D eigenvalue weighted by Crippen LogP contribution is 2.30. The molecule has 12 heteroatoms. The number of aryl methyl sites for hydroxylation is 1. The molecule has 1 atom stereocenters. The van der Waals surface area contributed by atoms with Crippen LogP contribution in [0.4, 0.5) is 16.5 Å². The number of amides is 1. The maximum absolute atomic E-state index is 13.3. The van der Waals surface area contributed by atoms with Crippen molar-refractivity contribution < 1.29 is 19.7 Å². The first-order valence-electron chi connectivity index (χ1n) is 12.0. The molecule has 1 aromatic heterocycles. The van der Waals surface area contributed by atoms with Gasteiger partial charge in [0.05, 0.1) is 24.1 Å². The molecular formula is C25H30ClN5O4S2. The Bertz CT molecular complexity index is 1360. The lowest BCUT2D eigenvalue weighted by atomic mass is 10.0. The van der Waals surface area contributed by atoms with E-state index in [1.165, 1.54) is 17.5 Å². The van der Waals surface area contributed by atoms with Gasteiger partial charge in [-0.15, -0.1) is 11.3 Å². The molecule has 0 spiro atoms. The van der Waals surface area contributed by atoms with Crippen LogP contribution >= 0.6 is 22.9 Å². The zero-order valence-corrected chi connectivity index (χ0v) is 22.5. The van der Waals surface area contributed by atoms with Crippen molar-refractivity contribution in [1.29, 1.82) is 0 Å². The summed E-state index contributed by atoms with van der Waals surface area (Å²) in [7, 11) is -3.73. The molecule has 2 aromatic carbocycles. The Balaban J connectivity index is 0.00000336. The molecule has 9 nitrogen and oxygen atoms in total. The maximum atomic E-state index is 13.3. The number of aromatic nitrogens is 1. The van der Waals surface area contributed by atoms with E-state index in [0.717, 1.165) is 36.3 Å². The number of anilines is 3. The lowest BCUT2D eigenvalue weighted by Crippen LogP contribution is -2.58. The second-order valence-corrected chi connectivity index (χ2v) is 12.1. The van der Waals surface area contributed by atoms with Gasteiger partial charge in [0, 0.05) is 55.6 Å². The quantitative estimate of drug-likeness (QED) is 0.454. The molecule has 2 aliphatic rings. The summed E-state index contributed by atoms with van der Waals surface area (Å²) < 4.78 is 27.7. The molecule has 0 bridgehead atoms. The molecule has 1 saturated heterocycles. The molecule has 0 aliphatic carbocycles. The highest BCUT2D eigenvalue weighted by Gasteiger charge is 2.32. The zero-order chi connectivity index (χ0) is 26.0. The third-order valence-corrected chi connectivity index (χ3v) is 9.17. The largest absolute Gasteiger partial charge is 0.394 e. The molecule has 2 N–H and O–H groups in total. The van der Waals surface area contributed by atoms with Crippen molar-refractivity contribution in [2.75, 3.05) is 53.9 Å². The van der Waals surface area contributed by atoms with Crippen molar-refractivity contribution in [3.8, 4) is 0 Å². The Hall–Kier alpha value is -2.86. The highest BCUT2D eigenvalue weighted by atomic mass is 35.5. The van der Waals surface area contributed by atoms with Crippen LogP contribution in [-0.2, 0) is 21.2 Å². The van der Waals surface area contributed by atoms with Crippen LogP contribution in [0.2, 0.25) is 5.02 Å². The van der Waals surface area contributed by atoms with Crippen LogP contribution in [0.25, 0.3) is 0 Å². The number of carbonyl (C=O) groups excluding carboxylic acids is 1. The second-order valence-electron chi connectivity index (χ2n) is 9.10. The van der Waals surface area contributed by atoms with E-state index in [2.05, 4.69) is 19.5 Å². The summed E-state index contributed by atoms with van der Waals surface area (Å²) in [6.07, 6.45) is 3.44. The van der Waals surface area contributed by atoms with Crippen LogP contribution in [0.3, 0.4) is 0 Å². The van der Waals surface area contributed by atoms with Crippen molar-refractivity contribution in [3.63, 3.8) is 0 Å². The van der Waals surface area contributed by atoms with Crippen molar-refractivity contribution >= 4 is 55.4 Å². The molecule has 3 aromatic rings. The fourth-order valence-corrected chi connectivity index (χ4v) is 6.90. The van der Waals surface area contributed by atoms with Crippen molar-refractivity contribution in [3.05, 3.63) is 64.6 Å². The average Bonchev–Trinajstić information content (AvgIpc) is 3.40. The molecule has 2 aliphatic heterocycles. The van der Waals surface area contributed by atoms with Gasteiger partial charge in [-0.05, 0) is 60.9 Å². The van der Waals surface area contributed by atoms with E-state index in [0.29, 0.717) is 29.8 Å². The first-order chi connectivity index (χ1) is 17.8. The van der Waals surface area contributed by atoms with Crippen LogP contribution in [0.15, 0.2) is 58.9 Å². The predicted molar refractivity (Wildman–Crippen MR) is 148 cm³/mol. The van der Waals surface area contributed by atoms with Gasteiger partial charge in [0.2, 0.25) is 5.91 Å². The Labute approximate surface area is 226 Å². The fourth-order valence-electron chi connectivity index (χ4n) is 4.92. The maximum Gasteiger partial charge on any atom is 0.263 e. The number of hydrogen-bond acceptors (Lipinski definition) is 8.